The molecule has 2 aromatic rings. The van der Waals surface area contributed by atoms with Gasteiger partial charge in [-0.05, 0) is 13.0 Å². The molecule has 0 unspecified atom stereocenters. The second-order valence-corrected chi connectivity index (χ2v) is 3.13. The lowest BCUT2D eigenvalue weighted by Crippen LogP contribution is -1.98. The highest BCUT2D eigenvalue weighted by Gasteiger charge is 2.10. The van der Waals surface area contributed by atoms with Gasteiger partial charge in [0.1, 0.15) is 11.4 Å². The second kappa shape index (κ2) is 3.17. The molecule has 0 fully saturated rings. The molecule has 0 amide bonds. The van der Waals surface area contributed by atoms with Crippen molar-refractivity contribution in [2.24, 2.45) is 7.05 Å². The van der Waals surface area contributed by atoms with Crippen molar-refractivity contribution >= 4 is 5.69 Å². The van der Waals surface area contributed by atoms with Gasteiger partial charge in [-0.1, -0.05) is 0 Å². The first kappa shape index (κ1) is 8.80. The van der Waals surface area contributed by atoms with Gasteiger partial charge in [-0.3, -0.25) is 9.36 Å². The Labute approximate surface area is 82.1 Å². The highest BCUT2D eigenvalue weighted by atomic mass is 15.3. The van der Waals surface area contributed by atoms with Crippen LogP contribution in [0.1, 0.15) is 6.92 Å². The summed E-state index contributed by atoms with van der Waals surface area (Å²) in [6.07, 6.45) is 3.57. The fourth-order valence-electron chi connectivity index (χ4n) is 1.43. The minimum absolute atomic E-state index is 0.661. The summed E-state index contributed by atoms with van der Waals surface area (Å²) < 4.78 is 3.60. The molecule has 0 atom stereocenters. The first-order valence-corrected chi connectivity index (χ1v) is 4.53. The van der Waals surface area contributed by atoms with Crippen LogP contribution in [-0.4, -0.2) is 19.6 Å². The molecule has 0 aliphatic rings. The zero-order valence-electron chi connectivity index (χ0n) is 8.31. The van der Waals surface area contributed by atoms with Crippen LogP contribution in [0.25, 0.3) is 11.4 Å². The molecule has 0 bridgehead atoms. The number of nitrogens with two attached hydrogens (primary N) is 1. The molecule has 2 heterocycles. The van der Waals surface area contributed by atoms with E-state index in [-0.39, 0.29) is 0 Å². The first-order chi connectivity index (χ1) is 6.72. The van der Waals surface area contributed by atoms with Crippen LogP contribution in [0.2, 0.25) is 0 Å². The summed E-state index contributed by atoms with van der Waals surface area (Å²) in [6.45, 7) is 2.90. The number of nitrogens with zero attached hydrogens (tertiary/aromatic N) is 4. The largest absolute Gasteiger partial charge is 0.396 e. The molecule has 2 rings (SSSR count). The maximum Gasteiger partial charge on any atom is 0.112 e. The van der Waals surface area contributed by atoms with Crippen molar-refractivity contribution in [1.29, 1.82) is 0 Å². The molecule has 2 N–H and O–H groups in total. The first-order valence-electron chi connectivity index (χ1n) is 4.53. The number of hydrogen-bond acceptors (Lipinski definition) is 3. The maximum atomic E-state index is 5.79. The summed E-state index contributed by atoms with van der Waals surface area (Å²) in [5, 5.41) is 8.44. The van der Waals surface area contributed by atoms with E-state index in [1.54, 1.807) is 10.9 Å². The Bertz CT molecular complexity index is 420. The smallest absolute Gasteiger partial charge is 0.112 e. The summed E-state index contributed by atoms with van der Waals surface area (Å²) in [7, 11) is 1.86. The van der Waals surface area contributed by atoms with E-state index in [0.717, 1.165) is 17.9 Å². The number of nitrogen functional groups attached to an aromatic ring is 1. The molecule has 0 aromatic carbocycles. The number of aryl methyl sites for hydroxylation is 2. The van der Waals surface area contributed by atoms with Gasteiger partial charge in [0, 0.05) is 19.8 Å². The lowest BCUT2D eigenvalue weighted by atomic mass is 10.3. The molecule has 5 nitrogen and oxygen atoms in total. The number of aromatic nitrogens is 4. The summed E-state index contributed by atoms with van der Waals surface area (Å²) in [4.78, 5) is 0. The van der Waals surface area contributed by atoms with Crippen LogP contribution in [0.5, 0.6) is 0 Å². The average molecular weight is 191 g/mol. The third-order valence-electron chi connectivity index (χ3n) is 2.17. The molecule has 0 saturated heterocycles. The van der Waals surface area contributed by atoms with Gasteiger partial charge in [-0.25, -0.2) is 0 Å². The van der Waals surface area contributed by atoms with Crippen molar-refractivity contribution in [2.75, 3.05) is 5.73 Å². The standard InChI is InChI=1S/C9H13N5/c1-3-14-5-4-8(12-14)9-7(10)6-11-13(9)2/h4-6H,3,10H2,1-2H3. The molecule has 0 aliphatic carbocycles. The third-order valence-corrected chi connectivity index (χ3v) is 2.17. The Morgan fingerprint density at radius 1 is 1.50 bits per heavy atom. The third kappa shape index (κ3) is 1.26. The molecule has 0 spiro atoms. The molecule has 5 heteroatoms. The van der Waals surface area contributed by atoms with Gasteiger partial charge in [0.15, 0.2) is 0 Å². The minimum atomic E-state index is 0.661. The molecule has 0 aliphatic heterocycles. The minimum Gasteiger partial charge on any atom is -0.396 e. The second-order valence-electron chi connectivity index (χ2n) is 3.13. The van der Waals surface area contributed by atoms with E-state index in [1.165, 1.54) is 0 Å². The van der Waals surface area contributed by atoms with E-state index in [1.807, 2.05) is 30.9 Å². The quantitative estimate of drug-likeness (QED) is 0.766. The lowest BCUT2D eigenvalue weighted by Gasteiger charge is -1.99. The van der Waals surface area contributed by atoms with E-state index in [2.05, 4.69) is 10.2 Å². The number of rotatable bonds is 2. The summed E-state index contributed by atoms with van der Waals surface area (Å²) in [6, 6.07) is 1.94. The molecule has 0 saturated carbocycles. The van der Waals surface area contributed by atoms with Gasteiger partial charge in [0.2, 0.25) is 0 Å². The lowest BCUT2D eigenvalue weighted by molar-refractivity contribution is 0.659. The normalized spacial score (nSPS) is 10.7. The van der Waals surface area contributed by atoms with Crippen LogP contribution in [0, 0.1) is 0 Å². The van der Waals surface area contributed by atoms with E-state index in [9.17, 15) is 0 Å². The number of hydrogen-bond donors (Lipinski definition) is 1. The van der Waals surface area contributed by atoms with Crippen molar-refractivity contribution in [3.63, 3.8) is 0 Å². The van der Waals surface area contributed by atoms with E-state index in [4.69, 9.17) is 5.73 Å². The van der Waals surface area contributed by atoms with Crippen molar-refractivity contribution in [3.8, 4) is 11.4 Å². The van der Waals surface area contributed by atoms with Gasteiger partial charge in [-0.15, -0.1) is 0 Å². The van der Waals surface area contributed by atoms with Crippen LogP contribution in [0.4, 0.5) is 5.69 Å². The van der Waals surface area contributed by atoms with Crippen LogP contribution < -0.4 is 5.73 Å². The van der Waals surface area contributed by atoms with Gasteiger partial charge in [0.05, 0.1) is 11.9 Å². The van der Waals surface area contributed by atoms with Crippen LogP contribution in [-0.2, 0) is 13.6 Å². The molecule has 2 aromatic heterocycles. The molecule has 74 valence electrons. The summed E-state index contributed by atoms with van der Waals surface area (Å²) >= 11 is 0. The highest BCUT2D eigenvalue weighted by Crippen LogP contribution is 2.22. The van der Waals surface area contributed by atoms with Crippen molar-refractivity contribution in [2.45, 2.75) is 13.5 Å². The summed E-state index contributed by atoms with van der Waals surface area (Å²) in [5.74, 6) is 0. The SMILES string of the molecule is CCn1ccc(-c2c(N)cnn2C)n1. The van der Waals surface area contributed by atoms with Crippen LogP contribution in [0.3, 0.4) is 0 Å². The van der Waals surface area contributed by atoms with Crippen LogP contribution in [0.15, 0.2) is 18.5 Å². The number of anilines is 1. The van der Waals surface area contributed by atoms with Crippen molar-refractivity contribution in [1.82, 2.24) is 19.6 Å². The Morgan fingerprint density at radius 2 is 2.29 bits per heavy atom. The predicted octanol–water partition coefficient (Wildman–Crippen LogP) is 0.886. The zero-order chi connectivity index (χ0) is 10.1. The molecular formula is C9H13N5. The van der Waals surface area contributed by atoms with E-state index >= 15 is 0 Å². The fourth-order valence-corrected chi connectivity index (χ4v) is 1.43. The Balaban J connectivity index is 2.48. The highest BCUT2D eigenvalue weighted by molar-refractivity contribution is 5.69. The average Bonchev–Trinajstić information content (AvgIpc) is 2.73. The monoisotopic (exact) mass is 191 g/mol. The Kier molecular flexibility index (Phi) is 1.99. The van der Waals surface area contributed by atoms with E-state index < -0.39 is 0 Å². The summed E-state index contributed by atoms with van der Waals surface area (Å²) in [5.41, 5.74) is 8.19. The van der Waals surface area contributed by atoms with Gasteiger partial charge in [-0.2, -0.15) is 10.2 Å². The molecule has 14 heavy (non-hydrogen) atoms. The Morgan fingerprint density at radius 3 is 2.79 bits per heavy atom. The van der Waals surface area contributed by atoms with Gasteiger partial charge >= 0.3 is 0 Å². The van der Waals surface area contributed by atoms with Gasteiger partial charge < -0.3 is 5.73 Å². The van der Waals surface area contributed by atoms with Gasteiger partial charge in [0.25, 0.3) is 0 Å². The zero-order valence-corrected chi connectivity index (χ0v) is 8.31. The maximum absolute atomic E-state index is 5.79. The molecule has 0 radical (unpaired) electrons. The van der Waals surface area contributed by atoms with Crippen molar-refractivity contribution in [3.05, 3.63) is 18.5 Å². The van der Waals surface area contributed by atoms with Crippen LogP contribution >= 0.6 is 0 Å². The predicted molar refractivity (Wildman–Crippen MR) is 54.5 cm³/mol. The molecular weight excluding hydrogens is 178 g/mol. The topological polar surface area (TPSA) is 61.7 Å². The Hall–Kier alpha value is -1.78. The van der Waals surface area contributed by atoms with E-state index in [0.29, 0.717) is 5.69 Å². The fraction of sp³-hybridized carbons (Fsp3) is 0.333. The van der Waals surface area contributed by atoms with Crippen molar-refractivity contribution < 1.29 is 0 Å².